The van der Waals surface area contributed by atoms with Crippen molar-refractivity contribution in [2.45, 2.75) is 19.0 Å². The Morgan fingerprint density at radius 3 is 2.55 bits per heavy atom. The lowest BCUT2D eigenvalue weighted by Crippen LogP contribution is -2.49. The largest absolute Gasteiger partial charge is 0.508 e. The lowest BCUT2D eigenvalue weighted by molar-refractivity contribution is -0.127. The molecule has 1 aromatic carbocycles. The number of aldehydes is 1. The van der Waals surface area contributed by atoms with Crippen LogP contribution in [-0.2, 0) is 9.59 Å². The summed E-state index contributed by atoms with van der Waals surface area (Å²) in [5, 5.41) is 18.4. The summed E-state index contributed by atoms with van der Waals surface area (Å²) in [6.07, 6.45) is 2.14. The first kappa shape index (κ1) is 15.9. The second-order valence-electron chi connectivity index (χ2n) is 4.93. The number of hydrogen-bond donors (Lipinski definition) is 3. The van der Waals surface area contributed by atoms with Gasteiger partial charge in [0.05, 0.1) is 18.7 Å². The third kappa shape index (κ3) is 3.05. The minimum atomic E-state index is -0.850. The van der Waals surface area contributed by atoms with Gasteiger partial charge in [-0.15, -0.1) is 0 Å². The van der Waals surface area contributed by atoms with E-state index in [1.807, 2.05) is 0 Å². The van der Waals surface area contributed by atoms with E-state index in [2.05, 4.69) is 4.99 Å². The molecule has 22 heavy (non-hydrogen) atoms. The van der Waals surface area contributed by atoms with Gasteiger partial charge in [0.15, 0.2) is 0 Å². The number of hydrogen-bond acceptors (Lipinski definition) is 6. The van der Waals surface area contributed by atoms with Gasteiger partial charge in [0.25, 0.3) is 5.91 Å². The maximum absolute atomic E-state index is 12.4. The number of carbonyl (C=O) groups excluding carboxylic acids is 2. The van der Waals surface area contributed by atoms with E-state index in [9.17, 15) is 19.8 Å². The number of amides is 1. The van der Waals surface area contributed by atoms with Gasteiger partial charge in [0.1, 0.15) is 23.6 Å². The van der Waals surface area contributed by atoms with Crippen LogP contribution in [0.4, 0.5) is 0 Å². The van der Waals surface area contributed by atoms with E-state index >= 15 is 0 Å². The van der Waals surface area contributed by atoms with E-state index in [0.29, 0.717) is 11.8 Å². The van der Waals surface area contributed by atoms with Gasteiger partial charge < -0.3 is 20.7 Å². The molecular formula is C15H17N3O4. The van der Waals surface area contributed by atoms with Crippen molar-refractivity contribution in [2.24, 2.45) is 10.7 Å². The summed E-state index contributed by atoms with van der Waals surface area (Å²) < 4.78 is 0. The molecule has 0 aliphatic carbocycles. The van der Waals surface area contributed by atoms with Crippen molar-refractivity contribution in [1.29, 1.82) is 0 Å². The molecule has 1 aliphatic heterocycles. The Bertz CT molecular complexity index is 637. The van der Waals surface area contributed by atoms with Crippen molar-refractivity contribution in [1.82, 2.24) is 4.90 Å². The van der Waals surface area contributed by atoms with Crippen molar-refractivity contribution in [3.05, 3.63) is 35.5 Å². The number of aliphatic hydroxyl groups is 1. The highest BCUT2D eigenvalue weighted by Gasteiger charge is 2.36. The molecule has 7 heteroatoms. The van der Waals surface area contributed by atoms with Gasteiger partial charge in [-0.1, -0.05) is 12.1 Å². The SMILES string of the molecule is CC(C=O)N1C(=O)/C(=C/c2ccc(O)cc2)N=C1[C@@H](N)CO. The van der Waals surface area contributed by atoms with Crippen LogP contribution < -0.4 is 5.73 Å². The van der Waals surface area contributed by atoms with Crippen LogP contribution >= 0.6 is 0 Å². The fourth-order valence-electron chi connectivity index (χ4n) is 2.07. The highest BCUT2D eigenvalue weighted by molar-refractivity contribution is 6.17. The molecule has 0 spiro atoms. The van der Waals surface area contributed by atoms with Gasteiger partial charge in [0, 0.05) is 0 Å². The Hall–Kier alpha value is -2.51. The first-order chi connectivity index (χ1) is 10.5. The summed E-state index contributed by atoms with van der Waals surface area (Å²) in [4.78, 5) is 28.7. The Balaban J connectivity index is 2.40. The first-order valence-corrected chi connectivity index (χ1v) is 6.72. The van der Waals surface area contributed by atoms with Crippen molar-refractivity contribution in [3.63, 3.8) is 0 Å². The fourth-order valence-corrected chi connectivity index (χ4v) is 2.07. The molecule has 0 aromatic heterocycles. The number of rotatable bonds is 5. The normalized spacial score (nSPS) is 19.2. The van der Waals surface area contributed by atoms with Crippen LogP contribution in [0.2, 0.25) is 0 Å². The minimum absolute atomic E-state index is 0.114. The molecule has 2 atom stereocenters. The molecule has 116 valence electrons. The van der Waals surface area contributed by atoms with Crippen LogP contribution in [0, 0.1) is 0 Å². The van der Waals surface area contributed by atoms with Crippen molar-refractivity contribution >= 4 is 24.1 Å². The maximum atomic E-state index is 12.4. The number of benzene rings is 1. The maximum Gasteiger partial charge on any atom is 0.278 e. The second kappa shape index (κ2) is 6.50. The molecule has 7 nitrogen and oxygen atoms in total. The zero-order valence-corrected chi connectivity index (χ0v) is 12.0. The van der Waals surface area contributed by atoms with Crippen LogP contribution in [-0.4, -0.2) is 51.8 Å². The van der Waals surface area contributed by atoms with E-state index < -0.39 is 18.0 Å². The minimum Gasteiger partial charge on any atom is -0.508 e. The van der Waals surface area contributed by atoms with Crippen molar-refractivity contribution in [2.75, 3.05) is 6.61 Å². The van der Waals surface area contributed by atoms with Crippen molar-refractivity contribution in [3.8, 4) is 5.75 Å². The lowest BCUT2D eigenvalue weighted by atomic mass is 10.1. The fraction of sp³-hybridized carbons (Fsp3) is 0.267. The monoisotopic (exact) mass is 303 g/mol. The number of aliphatic hydroxyl groups excluding tert-OH is 1. The third-order valence-corrected chi connectivity index (χ3v) is 3.25. The summed E-state index contributed by atoms with van der Waals surface area (Å²) in [5.41, 5.74) is 6.54. The molecule has 0 saturated carbocycles. The Labute approximate surface area is 127 Å². The van der Waals surface area contributed by atoms with Crippen molar-refractivity contribution < 1.29 is 19.8 Å². The van der Waals surface area contributed by atoms with E-state index in [0.717, 1.165) is 0 Å². The molecule has 2 rings (SSSR count). The standard InChI is InChI=1S/C15H17N3O4/c1-9(7-19)18-14(12(16)8-20)17-13(15(18)22)6-10-2-4-11(21)5-3-10/h2-7,9,12,20-21H,8,16H2,1H3/b13-6-/t9?,12-/m0/s1. The van der Waals surface area contributed by atoms with E-state index in [1.165, 1.54) is 23.1 Å². The molecule has 1 aromatic rings. The highest BCUT2D eigenvalue weighted by Crippen LogP contribution is 2.22. The third-order valence-electron chi connectivity index (χ3n) is 3.25. The van der Waals surface area contributed by atoms with Crippen LogP contribution in [0.5, 0.6) is 5.75 Å². The summed E-state index contributed by atoms with van der Waals surface area (Å²) in [6, 6.07) is 4.65. The highest BCUT2D eigenvalue weighted by atomic mass is 16.3. The number of aliphatic imine (C=N–C) groups is 1. The summed E-state index contributed by atoms with van der Waals surface area (Å²) >= 11 is 0. The molecule has 1 heterocycles. The number of nitrogens with zero attached hydrogens (tertiary/aromatic N) is 2. The van der Waals surface area contributed by atoms with Gasteiger partial charge in [-0.25, -0.2) is 4.99 Å². The summed E-state index contributed by atoms with van der Waals surface area (Å²) in [6.45, 7) is 1.16. The quantitative estimate of drug-likeness (QED) is 0.518. The molecule has 0 radical (unpaired) electrons. The average Bonchev–Trinajstić information content (AvgIpc) is 2.85. The summed E-state index contributed by atoms with van der Waals surface area (Å²) in [5.74, 6) is -0.175. The molecule has 0 saturated heterocycles. The molecule has 1 unspecified atom stereocenters. The van der Waals surface area contributed by atoms with Crippen LogP contribution in [0.25, 0.3) is 6.08 Å². The molecular weight excluding hydrogens is 286 g/mol. The average molecular weight is 303 g/mol. The smallest absolute Gasteiger partial charge is 0.278 e. The van der Waals surface area contributed by atoms with E-state index in [1.54, 1.807) is 19.1 Å². The number of nitrogens with two attached hydrogens (primary N) is 1. The van der Waals surface area contributed by atoms with E-state index in [4.69, 9.17) is 5.73 Å². The van der Waals surface area contributed by atoms with E-state index in [-0.39, 0.29) is 23.9 Å². The Kier molecular flexibility index (Phi) is 4.69. The predicted octanol–water partition coefficient (Wildman–Crippen LogP) is -0.119. The molecule has 0 bridgehead atoms. The number of carbonyl (C=O) groups is 2. The van der Waals surface area contributed by atoms with Gasteiger partial charge in [-0.2, -0.15) is 0 Å². The van der Waals surface area contributed by atoms with Crippen LogP contribution in [0.3, 0.4) is 0 Å². The summed E-state index contributed by atoms with van der Waals surface area (Å²) in [7, 11) is 0. The molecule has 1 amide bonds. The van der Waals surface area contributed by atoms with Crippen LogP contribution in [0.1, 0.15) is 12.5 Å². The Morgan fingerprint density at radius 1 is 1.36 bits per heavy atom. The zero-order chi connectivity index (χ0) is 16.3. The zero-order valence-electron chi connectivity index (χ0n) is 12.0. The predicted molar refractivity (Wildman–Crippen MR) is 81.0 cm³/mol. The second-order valence-corrected chi connectivity index (χ2v) is 4.93. The van der Waals surface area contributed by atoms with Gasteiger partial charge in [-0.3, -0.25) is 9.69 Å². The number of phenolic OH excluding ortho intramolecular Hbond substituents is 1. The number of aromatic hydroxyl groups is 1. The number of phenols is 1. The Morgan fingerprint density at radius 2 is 2.00 bits per heavy atom. The molecule has 4 N–H and O–H groups in total. The van der Waals surface area contributed by atoms with Gasteiger partial charge >= 0.3 is 0 Å². The van der Waals surface area contributed by atoms with Crippen LogP contribution in [0.15, 0.2) is 35.0 Å². The lowest BCUT2D eigenvalue weighted by Gasteiger charge is -2.23. The molecule has 0 fully saturated rings. The van der Waals surface area contributed by atoms with Gasteiger partial charge in [0.2, 0.25) is 0 Å². The number of amidine groups is 1. The first-order valence-electron chi connectivity index (χ1n) is 6.72. The topological polar surface area (TPSA) is 116 Å². The molecule has 1 aliphatic rings. The van der Waals surface area contributed by atoms with Gasteiger partial charge in [-0.05, 0) is 30.7 Å².